The van der Waals surface area contributed by atoms with Crippen LogP contribution in [0.3, 0.4) is 0 Å². The Bertz CT molecular complexity index is 2910. The molecule has 4 heterocycles. The lowest BCUT2D eigenvalue weighted by molar-refractivity contribution is -0.311. The summed E-state index contributed by atoms with van der Waals surface area (Å²) in [5, 5.41) is 56.8. The van der Waals surface area contributed by atoms with Gasteiger partial charge in [0.05, 0.1) is 113 Å². The van der Waals surface area contributed by atoms with E-state index in [0.717, 1.165) is 7.11 Å². The molecule has 6 aliphatic rings. The van der Waals surface area contributed by atoms with Crippen molar-refractivity contribution in [3.63, 3.8) is 0 Å². The van der Waals surface area contributed by atoms with E-state index in [2.05, 4.69) is 51.7 Å². The Hall–Kier alpha value is -4.62. The van der Waals surface area contributed by atoms with Crippen LogP contribution in [0.15, 0.2) is 59.5 Å². The first-order valence-corrected chi connectivity index (χ1v) is 34.3. The smallest absolute Gasteiger partial charge is 0.411 e. The molecule has 2 amide bonds. The maximum absolute atomic E-state index is 15.6. The molecule has 1 aromatic carbocycles. The Kier molecular flexibility index (Phi) is 27.5. The minimum Gasteiger partial charge on any atom is -0.493 e. The minimum absolute atomic E-state index is 0.0854. The number of hydroxylamine groups is 1. The maximum Gasteiger partial charge on any atom is 0.411 e. The number of carbonyl (C=O) groups is 4. The van der Waals surface area contributed by atoms with Gasteiger partial charge in [0.2, 0.25) is 5.78 Å². The molecule has 0 radical (unpaired) electrons. The normalized spacial score (nSPS) is 33.8. The van der Waals surface area contributed by atoms with Gasteiger partial charge in [0, 0.05) is 61.4 Å². The standard InChI is InChI=1S/C60H82N4O22S4/c1-29(2)61-38-28-78-34(22-41(38)74-8)27-79-53-51(67)48(64-86-46-25-39(65)54(87-12)32(5)81-46)30(3)82-58(53)84-40-18-16-14-15-17-20-60(72)36(19-21-89-90-88-13)47(40)49(63-59(71)77-11)52(68)55(60)85-45-26-44(50(66)31(4)80-45)83-57(70)35-23-42(75-9)43(76-10)24-37(35)62-56(69)33(6)73-7/h14-15,19,23-24,29-32,34,38-41,44-46,48,50-51,53-55,58,61,64-67,72H,6,21-22,25-28H2,1-5,7-13H3,(H,62,69)(H,63,71)/t30-,31+,32-,34-,38+,39+,40+,41+,44+,45?,46+,48-,50+,51+,53-,54-,55-,58+,60-/m1/s1. The number of allylic oxidation sites excluding steroid dienone is 2. The van der Waals surface area contributed by atoms with Crippen LogP contribution >= 0.6 is 43.2 Å². The highest BCUT2D eigenvalue weighted by molar-refractivity contribution is 9.09. The number of nitrogens with one attached hydrogen (secondary N) is 4. The topological polar surface area (TPSA) is 327 Å². The van der Waals surface area contributed by atoms with Crippen LogP contribution in [0.2, 0.25) is 0 Å². The first-order valence-electron chi connectivity index (χ1n) is 28.9. The Morgan fingerprint density at radius 2 is 1.60 bits per heavy atom. The van der Waals surface area contributed by atoms with Gasteiger partial charge in [-0.3, -0.25) is 19.7 Å². The number of aliphatic hydroxyl groups excluding tert-OH is 3. The van der Waals surface area contributed by atoms with E-state index in [9.17, 15) is 34.8 Å². The fourth-order valence-corrected chi connectivity index (χ4v) is 14.3. The summed E-state index contributed by atoms with van der Waals surface area (Å²) in [5.41, 5.74) is -0.905. The van der Waals surface area contributed by atoms with Crippen molar-refractivity contribution in [1.82, 2.24) is 16.1 Å². The van der Waals surface area contributed by atoms with Gasteiger partial charge in [-0.1, -0.05) is 71.8 Å². The van der Waals surface area contributed by atoms with Gasteiger partial charge in [-0.15, -0.1) is 0 Å². The highest BCUT2D eigenvalue weighted by atomic mass is 33.5. The Labute approximate surface area is 539 Å². The van der Waals surface area contributed by atoms with Crippen molar-refractivity contribution in [3.8, 4) is 35.2 Å². The molecular formula is C60H82N4O22S4. The number of esters is 1. The van der Waals surface area contributed by atoms with Crippen molar-refractivity contribution in [2.24, 2.45) is 0 Å². The van der Waals surface area contributed by atoms with Gasteiger partial charge in [-0.25, -0.2) is 9.59 Å². The van der Waals surface area contributed by atoms with E-state index in [-0.39, 0.29) is 94.6 Å². The van der Waals surface area contributed by atoms with Gasteiger partial charge in [0.25, 0.3) is 5.91 Å². The van der Waals surface area contributed by atoms with E-state index in [0.29, 0.717) is 6.42 Å². The molecule has 8 N–H and O–H groups in total. The molecule has 0 saturated carbocycles. The van der Waals surface area contributed by atoms with Crippen molar-refractivity contribution in [2.45, 2.75) is 175 Å². The number of Topliss-reactive ketones (excluding diaryl/α,β-unsaturated/α-hetero) is 1. The zero-order valence-electron chi connectivity index (χ0n) is 52.1. The number of ketones is 1. The molecule has 4 saturated heterocycles. The van der Waals surface area contributed by atoms with Gasteiger partial charge in [-0.2, -0.15) is 17.2 Å². The van der Waals surface area contributed by atoms with Crippen molar-refractivity contribution in [1.29, 1.82) is 0 Å². The predicted octanol–water partition coefficient (Wildman–Crippen LogP) is 3.46. The molecule has 1 unspecified atom stereocenters. The molecule has 19 atom stereocenters. The fraction of sp³-hybridized carbons (Fsp3) is 0.633. The van der Waals surface area contributed by atoms with Crippen molar-refractivity contribution in [2.75, 3.05) is 72.3 Å². The van der Waals surface area contributed by atoms with E-state index < -0.39 is 127 Å². The van der Waals surface area contributed by atoms with E-state index in [1.807, 2.05) is 33.3 Å². The van der Waals surface area contributed by atoms with E-state index >= 15 is 4.79 Å². The third kappa shape index (κ3) is 17.8. The third-order valence-corrected chi connectivity index (χ3v) is 20.5. The van der Waals surface area contributed by atoms with E-state index in [4.69, 9.17) is 66.4 Å². The van der Waals surface area contributed by atoms with E-state index in [1.54, 1.807) is 20.1 Å². The van der Waals surface area contributed by atoms with Gasteiger partial charge >= 0.3 is 12.1 Å². The van der Waals surface area contributed by atoms with Gasteiger partial charge in [0.15, 0.2) is 47.8 Å². The number of rotatable bonds is 26. The van der Waals surface area contributed by atoms with Gasteiger partial charge < -0.3 is 92.6 Å². The molecule has 2 bridgehead atoms. The number of anilines is 1. The number of alkyl carbamates (subject to hydrolysis) is 1. The van der Waals surface area contributed by atoms with E-state index in [1.165, 1.54) is 95.7 Å². The number of thioether (sulfide) groups is 1. The average molecular weight is 1340 g/mol. The van der Waals surface area contributed by atoms with Crippen molar-refractivity contribution >= 4 is 72.6 Å². The zero-order valence-corrected chi connectivity index (χ0v) is 55.3. The third-order valence-electron chi connectivity index (χ3n) is 15.5. The number of hydrogen-bond acceptors (Lipinski definition) is 28. The van der Waals surface area contributed by atoms with Crippen LogP contribution in [0.4, 0.5) is 10.5 Å². The van der Waals surface area contributed by atoms with Crippen LogP contribution in [-0.2, 0) is 66.5 Å². The lowest BCUT2D eigenvalue weighted by atomic mass is 9.73. The largest absolute Gasteiger partial charge is 0.493 e. The number of benzene rings is 1. The number of hydrogen-bond donors (Lipinski definition) is 8. The molecule has 4 fully saturated rings. The van der Waals surface area contributed by atoms with Crippen LogP contribution < -0.4 is 30.9 Å². The first kappa shape index (κ1) is 72.8. The monoisotopic (exact) mass is 1340 g/mol. The number of amides is 2. The molecule has 7 rings (SSSR count). The van der Waals surface area contributed by atoms with Crippen LogP contribution in [0, 0.1) is 23.7 Å². The van der Waals surface area contributed by atoms with Crippen molar-refractivity contribution < 1.29 is 106 Å². The van der Waals surface area contributed by atoms with Crippen LogP contribution in [0.1, 0.15) is 64.2 Å². The molecule has 26 nitrogen and oxygen atoms in total. The highest BCUT2D eigenvalue weighted by Gasteiger charge is 2.57. The van der Waals surface area contributed by atoms with Gasteiger partial charge in [-0.05, 0) is 55.3 Å². The number of fused-ring (bicyclic) bond motifs is 2. The summed E-state index contributed by atoms with van der Waals surface area (Å²) in [6, 6.07) is 1.57. The summed E-state index contributed by atoms with van der Waals surface area (Å²) in [4.78, 5) is 62.5. The second-order valence-corrected chi connectivity index (χ2v) is 27.2. The van der Waals surface area contributed by atoms with Crippen LogP contribution in [-0.4, -0.2) is 232 Å². The Morgan fingerprint density at radius 3 is 2.27 bits per heavy atom. The molecule has 0 spiro atoms. The maximum atomic E-state index is 15.6. The molecule has 30 heteroatoms. The molecule has 90 heavy (non-hydrogen) atoms. The summed E-state index contributed by atoms with van der Waals surface area (Å²) in [6.45, 7) is 12.7. The molecule has 498 valence electrons. The lowest BCUT2D eigenvalue weighted by Crippen LogP contribution is -2.64. The molecule has 0 aromatic heterocycles. The molecule has 1 aromatic rings. The molecule has 2 aliphatic carbocycles. The zero-order chi connectivity index (χ0) is 65.6. The summed E-state index contributed by atoms with van der Waals surface area (Å²) < 4.78 is 77.9. The Balaban J connectivity index is 1.26. The summed E-state index contributed by atoms with van der Waals surface area (Å²) in [7, 11) is 10.8. The lowest BCUT2D eigenvalue weighted by Gasteiger charge is -2.46. The van der Waals surface area contributed by atoms with Crippen LogP contribution in [0.5, 0.6) is 11.5 Å². The molecular weight excluding hydrogens is 1260 g/mol. The molecule has 4 aliphatic heterocycles. The number of aliphatic hydroxyl groups is 4. The minimum atomic E-state index is -2.65. The summed E-state index contributed by atoms with van der Waals surface area (Å²) in [5.74, 6) is 8.64. The second-order valence-electron chi connectivity index (χ2n) is 21.8. The van der Waals surface area contributed by atoms with Gasteiger partial charge in [0.1, 0.15) is 30.5 Å². The Morgan fingerprint density at radius 1 is 0.878 bits per heavy atom. The SMILES string of the molecule is C=C(OC)C(=O)Nc1cc(OC)c(OC)cc1C(=O)O[C@H]1CC(O[C@@H]2C(=O)C(NC(=O)OC)=C3C(=CCSSSC)[C@]2(O)C#CC=CC#C[C@@H]3O[C@@H]2O[C@H](C)[C@@H](NO[C@H]3C[C@H](O)[C@H](SC)[C@@H](C)O3)[C@H](O)[C@H]2OC[C@H]2C[C@H](OC)[C@@H](NC(C)C)CO2)O[C@@H](C)[C@@H]1O. The fourth-order valence-electron chi connectivity index (χ4n) is 11.0. The number of methoxy groups -OCH3 is 5. The first-order chi connectivity index (χ1) is 43.0. The predicted molar refractivity (Wildman–Crippen MR) is 335 cm³/mol. The average Bonchev–Trinajstić information content (AvgIpc) is 0.767. The highest BCUT2D eigenvalue weighted by Crippen LogP contribution is 2.44. The summed E-state index contributed by atoms with van der Waals surface area (Å²) >= 11 is 1.48. The number of carbonyl (C=O) groups excluding carboxylic acids is 4. The number of ether oxygens (including phenoxy) is 13. The quantitative estimate of drug-likeness (QED) is 0.0125. The van der Waals surface area contributed by atoms with Crippen molar-refractivity contribution in [3.05, 3.63) is 65.1 Å². The van der Waals surface area contributed by atoms with Crippen LogP contribution in [0.25, 0.3) is 0 Å². The second kappa shape index (κ2) is 34.0. The summed E-state index contributed by atoms with van der Waals surface area (Å²) in [6.07, 6.45) is -10.7.